The lowest BCUT2D eigenvalue weighted by molar-refractivity contribution is 0.0910. The molecule has 0 unspecified atom stereocenters. The summed E-state index contributed by atoms with van der Waals surface area (Å²) >= 11 is 0. The molecule has 1 atom stereocenters. The molecule has 0 bridgehead atoms. The van der Waals surface area contributed by atoms with E-state index in [1.807, 2.05) is 19.1 Å². The molecule has 32 heavy (non-hydrogen) atoms. The molecule has 3 aromatic rings. The Bertz CT molecular complexity index is 1230. The van der Waals surface area contributed by atoms with Crippen molar-refractivity contribution in [1.29, 1.82) is 0 Å². The topological polar surface area (TPSA) is 104 Å². The molecule has 2 heterocycles. The number of hydrogen-bond acceptors (Lipinski definition) is 7. The molecule has 1 aromatic heterocycles. The number of carbonyl (C=O) groups excluding carboxylic acids is 1. The van der Waals surface area contributed by atoms with Gasteiger partial charge in [-0.15, -0.1) is 0 Å². The third-order valence-electron chi connectivity index (χ3n) is 5.04. The maximum absolute atomic E-state index is 12.8. The summed E-state index contributed by atoms with van der Waals surface area (Å²) in [5.74, 6) is 0.909. The summed E-state index contributed by atoms with van der Waals surface area (Å²) in [5.41, 5.74) is 0.841. The van der Waals surface area contributed by atoms with Gasteiger partial charge in [0.05, 0.1) is 13.2 Å². The lowest BCUT2D eigenvalue weighted by Crippen LogP contribution is -2.26. The molecule has 4 rings (SSSR count). The van der Waals surface area contributed by atoms with Crippen LogP contribution in [0.2, 0.25) is 0 Å². The fraction of sp³-hybridized carbons (Fsp3) is 0.261. The van der Waals surface area contributed by atoms with Crippen molar-refractivity contribution < 1.29 is 31.8 Å². The first-order valence-electron chi connectivity index (χ1n) is 10.0. The summed E-state index contributed by atoms with van der Waals surface area (Å²) in [5, 5.41) is 2.85. The minimum atomic E-state index is -3.72. The molecule has 0 saturated heterocycles. The van der Waals surface area contributed by atoms with E-state index in [1.165, 1.54) is 25.3 Å². The van der Waals surface area contributed by atoms with Crippen LogP contribution in [0.3, 0.4) is 0 Å². The third kappa shape index (κ3) is 4.57. The van der Waals surface area contributed by atoms with Gasteiger partial charge in [-0.3, -0.25) is 4.79 Å². The lowest BCUT2D eigenvalue weighted by Gasteiger charge is -2.21. The molecule has 0 spiro atoms. The molecule has 8 nitrogen and oxygen atoms in total. The molecule has 1 aliphatic heterocycles. The van der Waals surface area contributed by atoms with Crippen molar-refractivity contribution in [3.8, 4) is 17.2 Å². The quantitative estimate of drug-likeness (QED) is 0.579. The Morgan fingerprint density at radius 2 is 1.81 bits per heavy atom. The monoisotopic (exact) mass is 457 g/mol. The highest BCUT2D eigenvalue weighted by atomic mass is 32.2. The van der Waals surface area contributed by atoms with Gasteiger partial charge in [-0.2, -0.15) is 0 Å². The van der Waals surface area contributed by atoms with Crippen LogP contribution in [0.15, 0.2) is 63.9 Å². The Labute approximate surface area is 186 Å². The van der Waals surface area contributed by atoms with E-state index < -0.39 is 21.5 Å². The Morgan fingerprint density at radius 3 is 2.59 bits per heavy atom. The van der Waals surface area contributed by atoms with Crippen LogP contribution in [-0.2, 0) is 15.6 Å². The second-order valence-corrected chi connectivity index (χ2v) is 9.23. The van der Waals surface area contributed by atoms with Crippen molar-refractivity contribution in [1.82, 2.24) is 5.32 Å². The maximum Gasteiger partial charge on any atom is 0.287 e. The summed E-state index contributed by atoms with van der Waals surface area (Å²) in [6.07, 6.45) is 0. The zero-order chi connectivity index (χ0) is 22.7. The largest absolute Gasteiger partial charge is 0.495 e. The standard InChI is InChI=1S/C23H23NO7S/c1-15(16-7-9-18-21(13-16)30-12-11-29-18)24-23(25)20-10-8-17(31-20)14-32(26,27)22-6-4-3-5-19(22)28-2/h3-10,13,15H,11-12,14H2,1-2H3,(H,24,25)/t15-/m1/s1. The summed E-state index contributed by atoms with van der Waals surface area (Å²) in [4.78, 5) is 12.7. The molecule has 0 fully saturated rings. The number of sulfone groups is 1. The van der Waals surface area contributed by atoms with Crippen molar-refractivity contribution in [2.24, 2.45) is 0 Å². The average molecular weight is 458 g/mol. The molecule has 1 aliphatic rings. The number of benzene rings is 2. The first-order chi connectivity index (χ1) is 15.4. The molecule has 0 saturated carbocycles. The van der Waals surface area contributed by atoms with Gasteiger partial charge in [0.25, 0.3) is 5.91 Å². The average Bonchev–Trinajstić information content (AvgIpc) is 3.26. The van der Waals surface area contributed by atoms with Crippen LogP contribution >= 0.6 is 0 Å². The molecule has 2 aromatic carbocycles. The summed E-state index contributed by atoms with van der Waals surface area (Å²) in [6.45, 7) is 2.82. The number of hydrogen-bond donors (Lipinski definition) is 1. The summed E-state index contributed by atoms with van der Waals surface area (Å²) < 4.78 is 47.3. The van der Waals surface area contributed by atoms with Gasteiger partial charge in [0.15, 0.2) is 27.1 Å². The first-order valence-corrected chi connectivity index (χ1v) is 11.7. The Morgan fingerprint density at radius 1 is 1.06 bits per heavy atom. The fourth-order valence-electron chi connectivity index (χ4n) is 3.40. The highest BCUT2D eigenvalue weighted by Gasteiger charge is 2.23. The van der Waals surface area contributed by atoms with E-state index in [0.717, 1.165) is 5.56 Å². The van der Waals surface area contributed by atoms with Crippen molar-refractivity contribution in [2.45, 2.75) is 23.6 Å². The number of nitrogens with one attached hydrogen (secondary N) is 1. The number of fused-ring (bicyclic) bond motifs is 1. The molecule has 1 amide bonds. The molecule has 1 N–H and O–H groups in total. The maximum atomic E-state index is 12.8. The number of rotatable bonds is 7. The number of amides is 1. The molecular weight excluding hydrogens is 434 g/mol. The van der Waals surface area contributed by atoms with Gasteiger partial charge in [-0.1, -0.05) is 18.2 Å². The van der Waals surface area contributed by atoms with E-state index in [1.54, 1.807) is 24.3 Å². The van der Waals surface area contributed by atoms with Crippen molar-refractivity contribution in [3.05, 3.63) is 71.7 Å². The van der Waals surface area contributed by atoms with Crippen LogP contribution in [0.5, 0.6) is 17.2 Å². The van der Waals surface area contributed by atoms with Gasteiger partial charge in [0.2, 0.25) is 0 Å². The van der Waals surface area contributed by atoms with Crippen LogP contribution < -0.4 is 19.5 Å². The molecule has 0 aliphatic carbocycles. The second kappa shape index (κ2) is 8.96. The first kappa shape index (κ1) is 21.8. The van der Waals surface area contributed by atoms with E-state index in [0.29, 0.717) is 24.7 Å². The molecule has 168 valence electrons. The lowest BCUT2D eigenvalue weighted by atomic mass is 10.1. The highest BCUT2D eigenvalue weighted by molar-refractivity contribution is 7.90. The number of ether oxygens (including phenoxy) is 3. The number of furan rings is 1. The molecule has 9 heteroatoms. The third-order valence-corrected chi connectivity index (χ3v) is 6.71. The van der Waals surface area contributed by atoms with E-state index >= 15 is 0 Å². The normalized spacial score (nSPS) is 13.9. The zero-order valence-corrected chi connectivity index (χ0v) is 18.5. The molecule has 0 radical (unpaired) electrons. The molecular formula is C23H23NO7S. The highest BCUT2D eigenvalue weighted by Crippen LogP contribution is 2.32. The van der Waals surface area contributed by atoms with Crippen LogP contribution in [0, 0.1) is 0 Å². The van der Waals surface area contributed by atoms with Crippen molar-refractivity contribution in [3.63, 3.8) is 0 Å². The van der Waals surface area contributed by atoms with E-state index in [4.69, 9.17) is 18.6 Å². The van der Waals surface area contributed by atoms with Gasteiger partial charge in [0, 0.05) is 0 Å². The smallest absolute Gasteiger partial charge is 0.287 e. The SMILES string of the molecule is COc1ccccc1S(=O)(=O)Cc1ccc(C(=O)N[C@H](C)c2ccc3c(c2)OCCO3)o1. The number of carbonyl (C=O) groups is 1. The van der Waals surface area contributed by atoms with Crippen LogP contribution in [0.25, 0.3) is 0 Å². The predicted molar refractivity (Wildman–Crippen MR) is 116 cm³/mol. The van der Waals surface area contributed by atoms with Crippen LogP contribution in [-0.4, -0.2) is 34.6 Å². The minimum absolute atomic E-state index is 0.0274. The van der Waals surface area contributed by atoms with E-state index in [-0.39, 0.29) is 28.2 Å². The van der Waals surface area contributed by atoms with Gasteiger partial charge in [-0.25, -0.2) is 8.42 Å². The van der Waals surface area contributed by atoms with Gasteiger partial charge >= 0.3 is 0 Å². The predicted octanol–water partition coefficient (Wildman–Crippen LogP) is 3.52. The Hall–Kier alpha value is -3.46. The Balaban J connectivity index is 1.44. The van der Waals surface area contributed by atoms with E-state index in [9.17, 15) is 13.2 Å². The zero-order valence-electron chi connectivity index (χ0n) is 17.7. The van der Waals surface area contributed by atoms with Crippen LogP contribution in [0.4, 0.5) is 0 Å². The minimum Gasteiger partial charge on any atom is -0.495 e. The van der Waals surface area contributed by atoms with Crippen molar-refractivity contribution in [2.75, 3.05) is 20.3 Å². The fourth-order valence-corrected chi connectivity index (χ4v) is 4.83. The van der Waals surface area contributed by atoms with Gasteiger partial charge in [0.1, 0.15) is 35.4 Å². The summed E-state index contributed by atoms with van der Waals surface area (Å²) in [7, 11) is -2.31. The van der Waals surface area contributed by atoms with E-state index in [2.05, 4.69) is 5.32 Å². The Kier molecular flexibility index (Phi) is 6.09. The van der Waals surface area contributed by atoms with Crippen molar-refractivity contribution >= 4 is 15.7 Å². The number of methoxy groups -OCH3 is 1. The second-order valence-electron chi connectivity index (χ2n) is 7.27. The van der Waals surface area contributed by atoms with Gasteiger partial charge < -0.3 is 23.9 Å². The number of para-hydroxylation sites is 1. The van der Waals surface area contributed by atoms with Gasteiger partial charge in [-0.05, 0) is 48.9 Å². The van der Waals surface area contributed by atoms with Crippen LogP contribution in [0.1, 0.15) is 34.8 Å². The summed E-state index contributed by atoms with van der Waals surface area (Å²) in [6, 6.07) is 14.5.